The molecule has 6 heteroatoms. The van der Waals surface area contributed by atoms with E-state index in [1.165, 1.54) is 11.4 Å². The molecule has 0 unspecified atom stereocenters. The topological polar surface area (TPSA) is 57.7 Å². The quantitative estimate of drug-likeness (QED) is 0.572. The molecule has 0 saturated heterocycles. The van der Waals surface area contributed by atoms with Crippen molar-refractivity contribution in [2.45, 2.75) is 20.0 Å². The zero-order valence-corrected chi connectivity index (χ0v) is 18.3. The highest BCUT2D eigenvalue weighted by Gasteiger charge is 2.20. The molecule has 0 saturated carbocycles. The van der Waals surface area contributed by atoms with Gasteiger partial charge in [-0.1, -0.05) is 60.7 Å². The first-order chi connectivity index (χ1) is 14.3. The van der Waals surface area contributed by atoms with Crippen LogP contribution in [-0.2, 0) is 23.1 Å². The van der Waals surface area contributed by atoms with Gasteiger partial charge in [-0.05, 0) is 41.8 Å². The molecule has 0 aliphatic carbocycles. The van der Waals surface area contributed by atoms with Crippen LogP contribution in [0.15, 0.2) is 78.9 Å². The fraction of sp³-hybridized carbons (Fsp3) is 0.208. The van der Waals surface area contributed by atoms with Crippen LogP contribution in [0.3, 0.4) is 0 Å². The minimum atomic E-state index is -3.37. The average Bonchev–Trinajstić information content (AvgIpc) is 2.73. The molecular formula is C24H26N2O3S. The molecule has 30 heavy (non-hydrogen) atoms. The highest BCUT2D eigenvalue weighted by Crippen LogP contribution is 2.24. The first-order valence-corrected chi connectivity index (χ1v) is 11.5. The van der Waals surface area contributed by atoms with Gasteiger partial charge in [0.2, 0.25) is 10.0 Å². The lowest BCUT2D eigenvalue weighted by Gasteiger charge is -2.24. The van der Waals surface area contributed by atoms with Gasteiger partial charge in [-0.15, -0.1) is 0 Å². The molecule has 0 heterocycles. The van der Waals surface area contributed by atoms with Gasteiger partial charge in [-0.25, -0.2) is 8.42 Å². The number of benzene rings is 3. The van der Waals surface area contributed by atoms with Crippen molar-refractivity contribution in [3.05, 3.63) is 101 Å². The van der Waals surface area contributed by atoms with E-state index < -0.39 is 10.0 Å². The Morgan fingerprint density at radius 2 is 1.33 bits per heavy atom. The minimum absolute atomic E-state index is 0.0978. The first-order valence-electron chi connectivity index (χ1n) is 9.67. The fourth-order valence-corrected chi connectivity index (χ4v) is 3.87. The van der Waals surface area contributed by atoms with Crippen molar-refractivity contribution in [1.82, 2.24) is 4.90 Å². The summed E-state index contributed by atoms with van der Waals surface area (Å²) >= 11 is 0. The lowest BCUT2D eigenvalue weighted by atomic mass is 10.1. The van der Waals surface area contributed by atoms with Crippen LogP contribution in [-0.4, -0.2) is 32.5 Å². The molecule has 0 radical (unpaired) electrons. The number of rotatable bonds is 7. The van der Waals surface area contributed by atoms with Crippen molar-refractivity contribution in [3.8, 4) is 0 Å². The summed E-state index contributed by atoms with van der Waals surface area (Å²) in [6, 6.07) is 24.9. The van der Waals surface area contributed by atoms with E-state index in [2.05, 4.69) is 0 Å². The molecule has 156 valence electrons. The van der Waals surface area contributed by atoms with E-state index in [4.69, 9.17) is 0 Å². The maximum atomic E-state index is 13.4. The van der Waals surface area contributed by atoms with Gasteiger partial charge in [0.05, 0.1) is 11.9 Å². The number of sulfonamides is 1. The number of carbonyl (C=O) groups is 1. The molecule has 1 amide bonds. The number of nitrogens with zero attached hydrogens (tertiary/aromatic N) is 2. The van der Waals surface area contributed by atoms with E-state index in [0.717, 1.165) is 22.9 Å². The molecule has 3 aromatic carbocycles. The third kappa shape index (κ3) is 5.27. The summed E-state index contributed by atoms with van der Waals surface area (Å²) in [4.78, 5) is 15.2. The smallest absolute Gasteiger partial charge is 0.254 e. The number of aryl methyl sites for hydroxylation is 1. The van der Waals surface area contributed by atoms with Crippen LogP contribution < -0.4 is 4.31 Å². The van der Waals surface area contributed by atoms with Gasteiger partial charge in [0, 0.05) is 25.7 Å². The maximum absolute atomic E-state index is 13.4. The molecule has 3 aromatic rings. The van der Waals surface area contributed by atoms with Crippen LogP contribution in [0.1, 0.15) is 27.0 Å². The van der Waals surface area contributed by atoms with E-state index in [0.29, 0.717) is 24.3 Å². The van der Waals surface area contributed by atoms with E-state index >= 15 is 0 Å². The Morgan fingerprint density at radius 1 is 0.833 bits per heavy atom. The number of carbonyl (C=O) groups excluding carboxylic acids is 1. The Hall–Kier alpha value is -3.12. The van der Waals surface area contributed by atoms with Crippen LogP contribution in [0.4, 0.5) is 5.69 Å². The molecule has 0 N–H and O–H groups in total. The largest absolute Gasteiger partial charge is 0.330 e. The zero-order chi connectivity index (χ0) is 21.7. The summed E-state index contributed by atoms with van der Waals surface area (Å²) < 4.78 is 25.0. The normalized spacial score (nSPS) is 11.2. The second-order valence-corrected chi connectivity index (χ2v) is 9.38. The van der Waals surface area contributed by atoms with Gasteiger partial charge in [0.25, 0.3) is 5.91 Å². The van der Waals surface area contributed by atoms with Crippen LogP contribution in [0.25, 0.3) is 0 Å². The average molecular weight is 423 g/mol. The molecule has 0 aliphatic rings. The summed E-state index contributed by atoms with van der Waals surface area (Å²) in [7, 11) is -1.86. The third-order valence-electron chi connectivity index (χ3n) is 5.00. The number of amides is 1. The zero-order valence-electron chi connectivity index (χ0n) is 17.4. The Morgan fingerprint density at radius 3 is 1.77 bits per heavy atom. The minimum Gasteiger partial charge on any atom is -0.330 e. The summed E-state index contributed by atoms with van der Waals surface area (Å²) in [6.07, 6.45) is 1.16. The van der Waals surface area contributed by atoms with Gasteiger partial charge in [-0.3, -0.25) is 9.10 Å². The third-order valence-corrected chi connectivity index (χ3v) is 6.19. The second-order valence-electron chi connectivity index (χ2n) is 7.36. The second kappa shape index (κ2) is 9.13. The standard InChI is InChI=1S/C24H26N2O3S/c1-19-16-22(14-15-23(19)25(2)30(3,28)29)24(27)26(17-20-10-6-4-7-11-20)18-21-12-8-5-9-13-21/h4-16H,17-18H2,1-3H3. The van der Waals surface area contributed by atoms with Crippen LogP contribution >= 0.6 is 0 Å². The highest BCUT2D eigenvalue weighted by atomic mass is 32.2. The molecule has 0 atom stereocenters. The summed E-state index contributed by atoms with van der Waals surface area (Å²) in [6.45, 7) is 2.78. The molecule has 0 bridgehead atoms. The Kier molecular flexibility index (Phi) is 6.57. The van der Waals surface area contributed by atoms with Gasteiger partial charge >= 0.3 is 0 Å². The number of hydrogen-bond donors (Lipinski definition) is 0. The van der Waals surface area contributed by atoms with E-state index in [-0.39, 0.29) is 5.91 Å². The highest BCUT2D eigenvalue weighted by molar-refractivity contribution is 7.92. The van der Waals surface area contributed by atoms with Gasteiger partial charge in [-0.2, -0.15) is 0 Å². The van der Waals surface area contributed by atoms with E-state index in [9.17, 15) is 13.2 Å². The van der Waals surface area contributed by atoms with Gasteiger partial charge < -0.3 is 4.90 Å². The van der Waals surface area contributed by atoms with Crippen LogP contribution in [0, 0.1) is 6.92 Å². The lowest BCUT2D eigenvalue weighted by Crippen LogP contribution is -2.30. The lowest BCUT2D eigenvalue weighted by molar-refractivity contribution is 0.0730. The maximum Gasteiger partial charge on any atom is 0.254 e. The van der Waals surface area contributed by atoms with Crippen molar-refractivity contribution in [1.29, 1.82) is 0 Å². The molecule has 0 aliphatic heterocycles. The van der Waals surface area contributed by atoms with Crippen LogP contribution in [0.5, 0.6) is 0 Å². The monoisotopic (exact) mass is 422 g/mol. The van der Waals surface area contributed by atoms with Crippen molar-refractivity contribution >= 4 is 21.6 Å². The van der Waals surface area contributed by atoms with Gasteiger partial charge in [0.1, 0.15) is 0 Å². The number of anilines is 1. The van der Waals surface area contributed by atoms with Crippen molar-refractivity contribution in [2.24, 2.45) is 0 Å². The molecule has 3 rings (SSSR count). The SMILES string of the molecule is Cc1cc(C(=O)N(Cc2ccccc2)Cc2ccccc2)ccc1N(C)S(C)(=O)=O. The van der Waals surface area contributed by atoms with Crippen LogP contribution in [0.2, 0.25) is 0 Å². The van der Waals surface area contributed by atoms with Gasteiger partial charge in [0.15, 0.2) is 0 Å². The fourth-order valence-electron chi connectivity index (χ4n) is 3.31. The summed E-state index contributed by atoms with van der Waals surface area (Å²) in [5.41, 5.74) is 3.92. The predicted octanol–water partition coefficient (Wildman–Crippen LogP) is 4.23. The Labute approximate surface area is 178 Å². The Bertz CT molecular complexity index is 1070. The van der Waals surface area contributed by atoms with E-state index in [1.807, 2.05) is 67.6 Å². The van der Waals surface area contributed by atoms with Crippen molar-refractivity contribution < 1.29 is 13.2 Å². The Balaban J connectivity index is 1.91. The molecule has 0 aromatic heterocycles. The molecule has 0 fully saturated rings. The molecule has 5 nitrogen and oxygen atoms in total. The first kappa shape index (κ1) is 21.6. The molecule has 0 spiro atoms. The summed E-state index contributed by atoms with van der Waals surface area (Å²) in [5.74, 6) is -0.0978. The summed E-state index contributed by atoms with van der Waals surface area (Å²) in [5, 5.41) is 0. The van der Waals surface area contributed by atoms with E-state index in [1.54, 1.807) is 23.1 Å². The predicted molar refractivity (Wildman–Crippen MR) is 121 cm³/mol. The van der Waals surface area contributed by atoms with Crippen molar-refractivity contribution in [2.75, 3.05) is 17.6 Å². The number of hydrogen-bond acceptors (Lipinski definition) is 3. The van der Waals surface area contributed by atoms with Crippen molar-refractivity contribution in [3.63, 3.8) is 0 Å². The molecular weight excluding hydrogens is 396 g/mol.